The highest BCUT2D eigenvalue weighted by Crippen LogP contribution is 2.38. The number of unbranched alkanes of at least 4 members (excludes halogenated alkanes) is 38. The highest BCUT2D eigenvalue weighted by molar-refractivity contribution is 7.45. The van der Waals surface area contributed by atoms with Gasteiger partial charge in [-0.05, 0) is 38.5 Å². The first-order valence-electron chi connectivity index (χ1n) is 29.7. The molecule has 9 heteroatoms. The van der Waals surface area contributed by atoms with E-state index in [1.807, 2.05) is 21.1 Å². The Labute approximate surface area is 424 Å². The molecule has 0 aliphatic heterocycles. The number of likely N-dealkylation sites (N-methyl/N-ethyl adjacent to an activating group) is 1. The third-order valence-corrected chi connectivity index (χ3v) is 14.7. The predicted octanol–water partition coefficient (Wildman–Crippen LogP) is 17.4. The molecule has 0 bridgehead atoms. The van der Waals surface area contributed by atoms with Gasteiger partial charge in [0.2, 0.25) is 5.91 Å². The van der Waals surface area contributed by atoms with Crippen LogP contribution in [-0.2, 0) is 18.4 Å². The van der Waals surface area contributed by atoms with E-state index in [2.05, 4.69) is 43.5 Å². The maximum Gasteiger partial charge on any atom is 0.268 e. The molecule has 8 nitrogen and oxygen atoms in total. The van der Waals surface area contributed by atoms with Crippen LogP contribution in [0.3, 0.4) is 0 Å². The molecule has 0 aromatic carbocycles. The molecular formula is C59H117N2O6P. The number of allylic oxidation sites excluding steroid dienone is 4. The third-order valence-electron chi connectivity index (χ3n) is 13.7. The quantitative estimate of drug-likeness (QED) is 0.0272. The number of aliphatic hydroxyl groups is 1. The first-order chi connectivity index (χ1) is 33.0. The second-order valence-corrected chi connectivity index (χ2v) is 23.1. The van der Waals surface area contributed by atoms with Crippen LogP contribution in [0.5, 0.6) is 0 Å². The molecule has 0 rings (SSSR count). The van der Waals surface area contributed by atoms with Gasteiger partial charge in [0.05, 0.1) is 39.9 Å². The van der Waals surface area contributed by atoms with E-state index in [-0.39, 0.29) is 19.1 Å². The van der Waals surface area contributed by atoms with Crippen LogP contribution in [0.1, 0.15) is 296 Å². The fraction of sp³-hybridized carbons (Fsp3) is 0.915. The highest BCUT2D eigenvalue weighted by atomic mass is 31.2. The van der Waals surface area contributed by atoms with Gasteiger partial charge in [0, 0.05) is 6.42 Å². The van der Waals surface area contributed by atoms with E-state index in [1.54, 1.807) is 0 Å². The molecule has 0 aromatic rings. The Morgan fingerprint density at radius 2 is 0.868 bits per heavy atom. The summed E-state index contributed by atoms with van der Waals surface area (Å²) < 4.78 is 23.4. The zero-order chi connectivity index (χ0) is 49.9. The summed E-state index contributed by atoms with van der Waals surface area (Å²) in [7, 11) is 1.30. The minimum Gasteiger partial charge on any atom is -0.756 e. The lowest BCUT2D eigenvalue weighted by molar-refractivity contribution is -0.870. The van der Waals surface area contributed by atoms with Crippen molar-refractivity contribution in [3.8, 4) is 0 Å². The number of carbonyl (C=O) groups excluding carboxylic acids is 1. The van der Waals surface area contributed by atoms with E-state index in [0.717, 1.165) is 64.2 Å². The largest absolute Gasteiger partial charge is 0.756 e. The van der Waals surface area contributed by atoms with E-state index in [4.69, 9.17) is 9.05 Å². The standard InChI is InChI=1S/C59H117N2O6P/c1-6-8-10-12-14-16-18-20-22-23-24-25-26-27-28-29-30-31-32-33-34-35-36-37-38-39-40-42-44-46-48-50-52-58(62)57(56-67-68(64,65)66-55-54-61(3,4)5)60-59(63)53-51-49-47-45-43-41-21-19-17-15-13-11-9-7-2/h13,15,19,21,57-58,62H,6-12,14,16-18,20,22-56H2,1-5H3,(H-,60,63,64,65)/b15-13-,21-19-. The lowest BCUT2D eigenvalue weighted by Gasteiger charge is -2.30. The molecule has 3 unspecified atom stereocenters. The van der Waals surface area contributed by atoms with Crippen LogP contribution in [0.25, 0.3) is 0 Å². The number of amides is 1. The van der Waals surface area contributed by atoms with Crippen LogP contribution in [0, 0.1) is 0 Å². The van der Waals surface area contributed by atoms with Crippen molar-refractivity contribution in [1.82, 2.24) is 5.32 Å². The van der Waals surface area contributed by atoms with E-state index >= 15 is 0 Å². The van der Waals surface area contributed by atoms with Crippen LogP contribution < -0.4 is 10.2 Å². The number of hydrogen-bond donors (Lipinski definition) is 2. The minimum atomic E-state index is -4.57. The van der Waals surface area contributed by atoms with Crippen molar-refractivity contribution in [3.63, 3.8) is 0 Å². The molecule has 0 aliphatic carbocycles. The summed E-state index contributed by atoms with van der Waals surface area (Å²) in [5.41, 5.74) is 0. The number of aliphatic hydroxyl groups excluding tert-OH is 1. The van der Waals surface area contributed by atoms with Gasteiger partial charge >= 0.3 is 0 Å². The molecule has 2 N–H and O–H groups in total. The number of carbonyl (C=O) groups is 1. The van der Waals surface area contributed by atoms with Crippen molar-refractivity contribution in [2.75, 3.05) is 40.9 Å². The summed E-state index contributed by atoms with van der Waals surface area (Å²) in [6.07, 6.45) is 63.8. The maximum absolute atomic E-state index is 12.9. The summed E-state index contributed by atoms with van der Waals surface area (Å²) >= 11 is 0. The van der Waals surface area contributed by atoms with Crippen LogP contribution in [0.4, 0.5) is 0 Å². The SMILES string of the molecule is CCCC/C=C\C/C=C\CCCCCCCC(=O)NC(COP(=O)([O-])OCC[N+](C)(C)C)C(O)CCCCCCCCCCCCCCCCCCCCCCCCCCCCCCCCCC. The first kappa shape index (κ1) is 67.0. The Kier molecular flexibility index (Phi) is 50.1. The maximum atomic E-state index is 12.9. The molecule has 0 saturated heterocycles. The number of nitrogens with one attached hydrogen (secondary N) is 1. The Morgan fingerprint density at radius 1 is 0.515 bits per heavy atom. The van der Waals surface area contributed by atoms with E-state index in [0.29, 0.717) is 23.9 Å². The number of rotatable bonds is 55. The monoisotopic (exact) mass is 981 g/mol. The highest BCUT2D eigenvalue weighted by Gasteiger charge is 2.24. The van der Waals surface area contributed by atoms with Gasteiger partial charge in [0.1, 0.15) is 13.2 Å². The Morgan fingerprint density at radius 3 is 1.26 bits per heavy atom. The number of phosphoric ester groups is 1. The molecule has 68 heavy (non-hydrogen) atoms. The zero-order valence-corrected chi connectivity index (χ0v) is 47.0. The first-order valence-corrected chi connectivity index (χ1v) is 31.1. The lowest BCUT2D eigenvalue weighted by atomic mass is 10.0. The summed E-state index contributed by atoms with van der Waals surface area (Å²) in [4.78, 5) is 25.5. The molecule has 0 heterocycles. The number of phosphoric acid groups is 1. The van der Waals surface area contributed by atoms with Gasteiger partial charge in [-0.1, -0.05) is 276 Å². The second kappa shape index (κ2) is 50.9. The summed E-state index contributed by atoms with van der Waals surface area (Å²) in [6, 6.07) is -0.807. The van der Waals surface area contributed by atoms with Gasteiger partial charge in [-0.3, -0.25) is 9.36 Å². The molecule has 0 spiro atoms. The molecule has 0 aliphatic rings. The van der Waals surface area contributed by atoms with Crippen molar-refractivity contribution in [2.24, 2.45) is 0 Å². The Bertz CT molecular complexity index is 1160. The number of hydrogen-bond acceptors (Lipinski definition) is 6. The zero-order valence-electron chi connectivity index (χ0n) is 46.1. The molecule has 0 saturated carbocycles. The Hall–Kier alpha value is -1.02. The van der Waals surface area contributed by atoms with Gasteiger partial charge in [0.25, 0.3) is 7.82 Å². The van der Waals surface area contributed by atoms with E-state index < -0.39 is 20.0 Å². The van der Waals surface area contributed by atoms with Crippen LogP contribution >= 0.6 is 7.82 Å². The average molecular weight is 982 g/mol. The summed E-state index contributed by atoms with van der Waals surface area (Å²) in [5, 5.41) is 14.0. The number of nitrogens with zero attached hydrogens (tertiary/aromatic N) is 1. The topological polar surface area (TPSA) is 108 Å². The van der Waals surface area contributed by atoms with Gasteiger partial charge < -0.3 is 28.8 Å². The minimum absolute atomic E-state index is 0.0102. The van der Waals surface area contributed by atoms with Crippen molar-refractivity contribution >= 4 is 13.7 Å². The molecule has 0 aromatic heterocycles. The molecule has 0 fully saturated rings. The summed E-state index contributed by atoms with van der Waals surface area (Å²) in [5.74, 6) is -0.176. The van der Waals surface area contributed by atoms with Crippen molar-refractivity contribution in [3.05, 3.63) is 24.3 Å². The van der Waals surface area contributed by atoms with E-state index in [1.165, 1.54) is 205 Å². The van der Waals surface area contributed by atoms with Gasteiger partial charge in [-0.25, -0.2) is 0 Å². The lowest BCUT2D eigenvalue weighted by Crippen LogP contribution is -2.46. The van der Waals surface area contributed by atoms with Crippen molar-refractivity contribution in [1.29, 1.82) is 0 Å². The molecular weight excluding hydrogens is 864 g/mol. The van der Waals surface area contributed by atoms with Crippen molar-refractivity contribution in [2.45, 2.75) is 309 Å². The van der Waals surface area contributed by atoms with Gasteiger partial charge in [-0.2, -0.15) is 0 Å². The van der Waals surface area contributed by atoms with Crippen LogP contribution in [0.15, 0.2) is 24.3 Å². The van der Waals surface area contributed by atoms with Crippen LogP contribution in [-0.4, -0.2) is 68.5 Å². The molecule has 1 amide bonds. The third kappa shape index (κ3) is 52.8. The van der Waals surface area contributed by atoms with E-state index in [9.17, 15) is 19.4 Å². The molecule has 0 radical (unpaired) electrons. The normalized spacial score (nSPS) is 14.0. The van der Waals surface area contributed by atoms with Crippen LogP contribution in [0.2, 0.25) is 0 Å². The molecule has 3 atom stereocenters. The smallest absolute Gasteiger partial charge is 0.268 e. The van der Waals surface area contributed by atoms with Gasteiger partial charge in [0.15, 0.2) is 0 Å². The fourth-order valence-corrected chi connectivity index (χ4v) is 9.72. The second-order valence-electron chi connectivity index (χ2n) is 21.7. The van der Waals surface area contributed by atoms with Crippen molar-refractivity contribution < 1.29 is 32.9 Å². The Balaban J connectivity index is 3.99. The number of quaternary nitrogens is 1. The average Bonchev–Trinajstić information content (AvgIpc) is 3.30. The molecule has 404 valence electrons. The summed E-state index contributed by atoms with van der Waals surface area (Å²) in [6.45, 7) is 4.70. The fourth-order valence-electron chi connectivity index (χ4n) is 9.00. The predicted molar refractivity (Wildman–Crippen MR) is 293 cm³/mol. The van der Waals surface area contributed by atoms with Gasteiger partial charge in [-0.15, -0.1) is 0 Å².